The number of nitrogens with two attached hydrogens (primary N) is 1. The van der Waals surface area contributed by atoms with Crippen LogP contribution in [-0.2, 0) is 4.74 Å². The van der Waals surface area contributed by atoms with E-state index in [9.17, 15) is 4.79 Å². The largest absolute Gasteiger partial charge is 0.446 e. The van der Waals surface area contributed by atoms with Crippen LogP contribution in [0.25, 0.3) is 0 Å². The van der Waals surface area contributed by atoms with Gasteiger partial charge in [-0.3, -0.25) is 0 Å². The average Bonchev–Trinajstić information content (AvgIpc) is 2.49. The zero-order valence-electron chi connectivity index (χ0n) is 13.2. The van der Waals surface area contributed by atoms with Gasteiger partial charge in [-0.05, 0) is 51.4 Å². The molecule has 1 fully saturated rings. The van der Waals surface area contributed by atoms with Crippen LogP contribution in [0.3, 0.4) is 0 Å². The van der Waals surface area contributed by atoms with Crippen molar-refractivity contribution in [3.05, 3.63) is 35.9 Å². The minimum absolute atomic E-state index is 0. The number of piperidine rings is 1. The summed E-state index contributed by atoms with van der Waals surface area (Å²) in [4.78, 5) is 13.6. The lowest BCUT2D eigenvalue weighted by Gasteiger charge is -2.30. The summed E-state index contributed by atoms with van der Waals surface area (Å²) in [6.45, 7) is 5.35. The van der Waals surface area contributed by atoms with Gasteiger partial charge in [0, 0.05) is 5.92 Å². The fourth-order valence-corrected chi connectivity index (χ4v) is 3.14. The Kier molecular flexibility index (Phi) is 8.49. The standard InChI is InChI=1S/C17H26N2O2.BrH/c1-14(21-17(18)20)16(15-8-4-2-5-9-15)10-13-19-11-6-3-7-12-19;/h2,4-5,8-9,14,16H,3,6-7,10-13H2,1H3,(H2,18,20);1H. The second-order valence-electron chi connectivity index (χ2n) is 5.85. The second-order valence-corrected chi connectivity index (χ2v) is 5.85. The highest BCUT2D eigenvalue weighted by atomic mass is 79.9. The van der Waals surface area contributed by atoms with E-state index in [0.717, 1.165) is 13.0 Å². The lowest BCUT2D eigenvalue weighted by Crippen LogP contribution is -2.33. The molecule has 0 aromatic heterocycles. The summed E-state index contributed by atoms with van der Waals surface area (Å²) in [6.07, 6.45) is 4.03. The summed E-state index contributed by atoms with van der Waals surface area (Å²) in [5.74, 6) is 0.195. The lowest BCUT2D eigenvalue weighted by molar-refractivity contribution is 0.0932. The Morgan fingerprint density at radius 1 is 1.23 bits per heavy atom. The van der Waals surface area contributed by atoms with Crippen molar-refractivity contribution in [2.45, 2.75) is 44.6 Å². The molecule has 0 saturated carbocycles. The van der Waals surface area contributed by atoms with Crippen LogP contribution in [0.4, 0.5) is 4.79 Å². The molecule has 4 nitrogen and oxygen atoms in total. The van der Waals surface area contributed by atoms with Gasteiger partial charge >= 0.3 is 6.09 Å². The van der Waals surface area contributed by atoms with E-state index in [2.05, 4.69) is 17.0 Å². The predicted molar refractivity (Wildman–Crippen MR) is 94.5 cm³/mol. The van der Waals surface area contributed by atoms with E-state index >= 15 is 0 Å². The first kappa shape index (κ1) is 19.0. The van der Waals surface area contributed by atoms with Crippen LogP contribution < -0.4 is 5.73 Å². The van der Waals surface area contributed by atoms with Crippen molar-refractivity contribution in [3.8, 4) is 0 Å². The summed E-state index contributed by atoms with van der Waals surface area (Å²) < 4.78 is 5.23. The lowest BCUT2D eigenvalue weighted by atomic mass is 9.90. The number of rotatable bonds is 6. The van der Waals surface area contributed by atoms with E-state index in [1.807, 2.05) is 25.1 Å². The number of carbonyl (C=O) groups excluding carboxylic acids is 1. The van der Waals surface area contributed by atoms with Crippen molar-refractivity contribution in [1.82, 2.24) is 4.90 Å². The quantitative estimate of drug-likeness (QED) is 0.830. The van der Waals surface area contributed by atoms with Crippen LogP contribution in [0.5, 0.6) is 0 Å². The van der Waals surface area contributed by atoms with Crippen LogP contribution in [0, 0.1) is 0 Å². The average molecular weight is 371 g/mol. The molecule has 1 aliphatic heterocycles. The fourth-order valence-electron chi connectivity index (χ4n) is 3.14. The molecule has 22 heavy (non-hydrogen) atoms. The van der Waals surface area contributed by atoms with Gasteiger partial charge in [-0.2, -0.15) is 0 Å². The van der Waals surface area contributed by atoms with Crippen molar-refractivity contribution >= 4 is 23.1 Å². The number of nitrogens with zero attached hydrogens (tertiary/aromatic N) is 1. The molecule has 5 heteroatoms. The Balaban J connectivity index is 0.00000242. The first-order valence-corrected chi connectivity index (χ1v) is 7.90. The number of hydrogen-bond acceptors (Lipinski definition) is 3. The van der Waals surface area contributed by atoms with Gasteiger partial charge in [-0.25, -0.2) is 4.79 Å². The van der Waals surface area contributed by atoms with Crippen molar-refractivity contribution in [2.75, 3.05) is 19.6 Å². The molecule has 2 rings (SSSR count). The maximum absolute atomic E-state index is 11.0. The van der Waals surface area contributed by atoms with Gasteiger partial charge < -0.3 is 15.4 Å². The summed E-state index contributed by atoms with van der Waals surface area (Å²) >= 11 is 0. The Hall–Kier alpha value is -1.07. The summed E-state index contributed by atoms with van der Waals surface area (Å²) in [5.41, 5.74) is 6.39. The van der Waals surface area contributed by atoms with Crippen molar-refractivity contribution < 1.29 is 9.53 Å². The molecule has 1 amide bonds. The smallest absolute Gasteiger partial charge is 0.404 e. The topological polar surface area (TPSA) is 55.6 Å². The molecular formula is C17H27BrN2O2. The Bertz CT molecular complexity index is 436. The molecule has 2 N–H and O–H groups in total. The molecule has 0 bridgehead atoms. The van der Waals surface area contributed by atoms with Gasteiger partial charge in [-0.1, -0.05) is 36.8 Å². The molecule has 1 aliphatic rings. The molecule has 2 atom stereocenters. The van der Waals surface area contributed by atoms with E-state index in [1.165, 1.54) is 37.9 Å². The molecule has 2 unspecified atom stereocenters. The third kappa shape index (κ3) is 5.97. The third-order valence-corrected chi connectivity index (χ3v) is 4.30. The number of benzene rings is 1. The van der Waals surface area contributed by atoms with Gasteiger partial charge in [0.05, 0.1) is 0 Å². The molecule has 0 spiro atoms. The SMILES string of the molecule is Br.CC(OC(N)=O)C(CCN1CCCCC1)c1ccccc1. The highest BCUT2D eigenvalue weighted by molar-refractivity contribution is 8.93. The van der Waals surface area contributed by atoms with Crippen molar-refractivity contribution in [2.24, 2.45) is 5.73 Å². The van der Waals surface area contributed by atoms with Gasteiger partial charge in [0.1, 0.15) is 6.10 Å². The number of hydrogen-bond donors (Lipinski definition) is 1. The van der Waals surface area contributed by atoms with Crippen LogP contribution in [0.15, 0.2) is 30.3 Å². The number of primary amides is 1. The summed E-state index contributed by atoms with van der Waals surface area (Å²) in [5, 5.41) is 0. The van der Waals surface area contributed by atoms with Gasteiger partial charge in [0.15, 0.2) is 0 Å². The minimum atomic E-state index is -0.693. The summed E-state index contributed by atoms with van der Waals surface area (Å²) in [7, 11) is 0. The van der Waals surface area contributed by atoms with Crippen LogP contribution in [0.2, 0.25) is 0 Å². The fraction of sp³-hybridized carbons (Fsp3) is 0.588. The van der Waals surface area contributed by atoms with E-state index in [0.29, 0.717) is 0 Å². The highest BCUT2D eigenvalue weighted by Gasteiger charge is 2.23. The number of likely N-dealkylation sites (tertiary alicyclic amines) is 1. The number of halogens is 1. The molecule has 124 valence electrons. The molecule has 1 aromatic carbocycles. The monoisotopic (exact) mass is 370 g/mol. The van der Waals surface area contributed by atoms with E-state index < -0.39 is 6.09 Å². The minimum Gasteiger partial charge on any atom is -0.446 e. The van der Waals surface area contributed by atoms with Crippen molar-refractivity contribution in [1.29, 1.82) is 0 Å². The Labute approximate surface area is 143 Å². The van der Waals surface area contributed by atoms with Crippen LogP contribution >= 0.6 is 17.0 Å². The number of carbonyl (C=O) groups is 1. The van der Waals surface area contributed by atoms with E-state index in [1.54, 1.807) is 0 Å². The molecular weight excluding hydrogens is 344 g/mol. The summed E-state index contributed by atoms with van der Waals surface area (Å²) in [6, 6.07) is 10.3. The second kappa shape index (κ2) is 9.85. The van der Waals surface area contributed by atoms with Crippen molar-refractivity contribution in [3.63, 3.8) is 0 Å². The molecule has 1 aromatic rings. The molecule has 0 radical (unpaired) electrons. The molecule has 0 aliphatic carbocycles. The normalized spacial score (nSPS) is 18.0. The maximum Gasteiger partial charge on any atom is 0.404 e. The van der Waals surface area contributed by atoms with Crippen LogP contribution in [-0.4, -0.2) is 36.7 Å². The van der Waals surface area contributed by atoms with Gasteiger partial charge in [-0.15, -0.1) is 17.0 Å². The van der Waals surface area contributed by atoms with Crippen LogP contribution in [0.1, 0.15) is 44.1 Å². The predicted octanol–water partition coefficient (Wildman–Crippen LogP) is 3.71. The molecule has 1 saturated heterocycles. The van der Waals surface area contributed by atoms with E-state index in [4.69, 9.17) is 10.5 Å². The Morgan fingerprint density at radius 3 is 2.45 bits per heavy atom. The van der Waals surface area contributed by atoms with E-state index in [-0.39, 0.29) is 29.0 Å². The van der Waals surface area contributed by atoms with Gasteiger partial charge in [0.2, 0.25) is 0 Å². The molecule has 1 heterocycles. The highest BCUT2D eigenvalue weighted by Crippen LogP contribution is 2.26. The zero-order chi connectivity index (χ0) is 15.1. The third-order valence-electron chi connectivity index (χ3n) is 4.30. The zero-order valence-corrected chi connectivity index (χ0v) is 15.0. The first-order valence-electron chi connectivity index (χ1n) is 7.90. The van der Waals surface area contributed by atoms with Gasteiger partial charge in [0.25, 0.3) is 0 Å². The Morgan fingerprint density at radius 2 is 1.86 bits per heavy atom. The number of amides is 1. The first-order chi connectivity index (χ1) is 10.2. The number of ether oxygens (including phenoxy) is 1. The maximum atomic E-state index is 11.0.